The minimum atomic E-state index is -5.07. The van der Waals surface area contributed by atoms with Crippen molar-refractivity contribution in [3.8, 4) is 5.75 Å². The zero-order chi connectivity index (χ0) is 22.9. The van der Waals surface area contributed by atoms with Gasteiger partial charge in [-0.2, -0.15) is 26.3 Å². The number of carbonyl (C=O) groups excluding carboxylic acids is 1. The fourth-order valence-corrected chi connectivity index (χ4v) is 2.99. The van der Waals surface area contributed by atoms with Crippen LogP contribution in [0.25, 0.3) is 0 Å². The Bertz CT molecular complexity index is 1030. The molecule has 0 aromatic heterocycles. The summed E-state index contributed by atoms with van der Waals surface area (Å²) in [6, 6.07) is 3.98. The molecule has 2 aromatic carbocycles. The van der Waals surface area contributed by atoms with E-state index in [9.17, 15) is 39.6 Å². The van der Waals surface area contributed by atoms with E-state index < -0.39 is 51.6 Å². The molecule has 0 saturated carbocycles. The van der Waals surface area contributed by atoms with Gasteiger partial charge in [0.15, 0.2) is 16.4 Å². The lowest BCUT2D eigenvalue weighted by Gasteiger charge is -2.15. The molecule has 30 heavy (non-hydrogen) atoms. The van der Waals surface area contributed by atoms with Gasteiger partial charge in [-0.3, -0.25) is 4.79 Å². The lowest BCUT2D eigenvalue weighted by atomic mass is 10.1. The van der Waals surface area contributed by atoms with E-state index in [1.807, 2.05) is 0 Å². The number of hydrogen-bond donors (Lipinski definition) is 1. The summed E-state index contributed by atoms with van der Waals surface area (Å²) >= 11 is 5.85. The Morgan fingerprint density at radius 3 is 2.00 bits per heavy atom. The molecule has 1 N–H and O–H groups in total. The van der Waals surface area contributed by atoms with Gasteiger partial charge in [-0.05, 0) is 36.4 Å². The molecular formula is C17H12ClF6NO4S. The number of hydrogen-bond acceptors (Lipinski definition) is 4. The largest absolute Gasteiger partial charge is 0.484 e. The Hall–Kier alpha value is -2.47. The monoisotopic (exact) mass is 475 g/mol. The Labute approximate surface area is 171 Å². The number of ether oxygens (including phenoxy) is 1. The van der Waals surface area contributed by atoms with E-state index in [0.29, 0.717) is 12.1 Å². The molecule has 2 rings (SSSR count). The smallest absolute Gasteiger partial charge is 0.416 e. The first-order chi connectivity index (χ1) is 13.6. The maximum atomic E-state index is 12.8. The molecule has 164 valence electrons. The topological polar surface area (TPSA) is 72.5 Å². The number of halogens is 7. The van der Waals surface area contributed by atoms with Crippen molar-refractivity contribution in [3.05, 3.63) is 52.5 Å². The Morgan fingerprint density at radius 2 is 1.53 bits per heavy atom. The number of sulfone groups is 1. The van der Waals surface area contributed by atoms with Crippen molar-refractivity contribution in [2.24, 2.45) is 0 Å². The normalized spacial score (nSPS) is 12.5. The molecule has 5 nitrogen and oxygen atoms in total. The summed E-state index contributed by atoms with van der Waals surface area (Å²) in [5.41, 5.74) is -3.33. The van der Waals surface area contributed by atoms with E-state index in [1.165, 1.54) is 12.1 Å². The van der Waals surface area contributed by atoms with Gasteiger partial charge in [0.2, 0.25) is 0 Å². The van der Waals surface area contributed by atoms with Gasteiger partial charge in [-0.25, -0.2) is 8.42 Å². The predicted molar refractivity (Wildman–Crippen MR) is 95.1 cm³/mol. The van der Waals surface area contributed by atoms with Crippen LogP contribution in [-0.4, -0.2) is 27.2 Å². The summed E-state index contributed by atoms with van der Waals surface area (Å²) in [5, 5.41) is 2.13. The van der Waals surface area contributed by atoms with Gasteiger partial charge >= 0.3 is 12.4 Å². The quantitative estimate of drug-likeness (QED) is 0.631. The highest BCUT2D eigenvalue weighted by Gasteiger charge is 2.37. The highest BCUT2D eigenvalue weighted by Crippen LogP contribution is 2.38. The number of rotatable bonds is 5. The average molecular weight is 476 g/mol. The van der Waals surface area contributed by atoms with Crippen molar-refractivity contribution < 1.29 is 44.3 Å². The Kier molecular flexibility index (Phi) is 6.62. The van der Waals surface area contributed by atoms with Crippen molar-refractivity contribution in [1.82, 2.24) is 0 Å². The van der Waals surface area contributed by atoms with Crippen LogP contribution >= 0.6 is 11.6 Å². The Morgan fingerprint density at radius 1 is 1.00 bits per heavy atom. The summed E-state index contributed by atoms with van der Waals surface area (Å²) in [5.74, 6) is -1.82. The number of nitrogens with one attached hydrogen (secondary N) is 1. The lowest BCUT2D eigenvalue weighted by Crippen LogP contribution is -2.21. The third kappa shape index (κ3) is 6.26. The van der Waals surface area contributed by atoms with Gasteiger partial charge in [0, 0.05) is 6.26 Å². The van der Waals surface area contributed by atoms with E-state index in [0.717, 1.165) is 12.3 Å². The molecule has 0 bridgehead atoms. The number of carbonyl (C=O) groups is 1. The average Bonchev–Trinajstić information content (AvgIpc) is 2.59. The van der Waals surface area contributed by atoms with Gasteiger partial charge in [0.25, 0.3) is 5.91 Å². The van der Waals surface area contributed by atoms with Crippen molar-refractivity contribution in [1.29, 1.82) is 0 Å². The molecule has 0 saturated heterocycles. The van der Waals surface area contributed by atoms with Crippen molar-refractivity contribution >= 4 is 33.0 Å². The third-order valence-electron chi connectivity index (χ3n) is 3.57. The second-order valence-corrected chi connectivity index (χ2v) is 8.42. The highest BCUT2D eigenvalue weighted by atomic mass is 35.5. The van der Waals surface area contributed by atoms with E-state index in [1.54, 1.807) is 0 Å². The van der Waals surface area contributed by atoms with Gasteiger partial charge in [-0.15, -0.1) is 0 Å². The standard InChI is InChI=1S/C17H12ClF6NO4S/c1-30(27,28)12-2-3-13(18)14(7-12)25-15(26)8-29-11-5-9(16(19,20)21)4-10(6-11)17(22,23)24/h2-7H,8H2,1H3,(H,25,26). The van der Waals surface area contributed by atoms with Crippen LogP contribution in [0.5, 0.6) is 5.75 Å². The van der Waals surface area contributed by atoms with Crippen molar-refractivity contribution in [2.45, 2.75) is 17.2 Å². The minimum Gasteiger partial charge on any atom is -0.484 e. The number of amides is 1. The molecule has 1 amide bonds. The van der Waals surface area contributed by atoms with Gasteiger partial charge in [-0.1, -0.05) is 11.6 Å². The second-order valence-electron chi connectivity index (χ2n) is 5.99. The van der Waals surface area contributed by atoms with Gasteiger partial charge in [0.1, 0.15) is 5.75 Å². The molecule has 0 aliphatic rings. The molecule has 2 aromatic rings. The first-order valence-electron chi connectivity index (χ1n) is 7.79. The predicted octanol–water partition coefficient (Wildman–Crippen LogP) is 4.80. The number of benzene rings is 2. The van der Waals surface area contributed by atoms with Crippen LogP contribution in [0.4, 0.5) is 32.0 Å². The summed E-state index contributed by atoms with van der Waals surface area (Å²) in [4.78, 5) is 11.8. The first kappa shape index (κ1) is 23.8. The van der Waals surface area contributed by atoms with Crippen LogP contribution in [0.15, 0.2) is 41.3 Å². The summed E-state index contributed by atoms with van der Waals surface area (Å²) < 4.78 is 105. The summed E-state index contributed by atoms with van der Waals surface area (Å²) in [6.07, 6.45) is -9.22. The third-order valence-corrected chi connectivity index (χ3v) is 5.01. The van der Waals surface area contributed by atoms with Gasteiger partial charge < -0.3 is 10.1 Å². The first-order valence-corrected chi connectivity index (χ1v) is 10.1. The van der Waals surface area contributed by atoms with Crippen LogP contribution in [0.1, 0.15) is 11.1 Å². The molecule has 0 atom stereocenters. The highest BCUT2D eigenvalue weighted by molar-refractivity contribution is 7.90. The fourth-order valence-electron chi connectivity index (χ4n) is 2.18. The molecule has 0 unspecified atom stereocenters. The zero-order valence-electron chi connectivity index (χ0n) is 14.9. The van der Waals surface area contributed by atoms with Crippen LogP contribution in [0.2, 0.25) is 5.02 Å². The summed E-state index contributed by atoms with van der Waals surface area (Å²) in [6.45, 7) is -0.960. The molecule has 0 spiro atoms. The fraction of sp³-hybridized carbons (Fsp3) is 0.235. The maximum Gasteiger partial charge on any atom is 0.416 e. The van der Waals surface area contributed by atoms with Crippen molar-refractivity contribution in [2.75, 3.05) is 18.2 Å². The minimum absolute atomic E-state index is 0.0471. The molecule has 0 radical (unpaired) electrons. The van der Waals surface area contributed by atoms with Crippen LogP contribution < -0.4 is 10.1 Å². The van der Waals surface area contributed by atoms with E-state index in [4.69, 9.17) is 16.3 Å². The molecule has 0 aliphatic carbocycles. The van der Waals surface area contributed by atoms with Crippen molar-refractivity contribution in [3.63, 3.8) is 0 Å². The lowest BCUT2D eigenvalue weighted by molar-refractivity contribution is -0.143. The van der Waals surface area contributed by atoms with E-state index >= 15 is 0 Å². The zero-order valence-corrected chi connectivity index (χ0v) is 16.4. The number of alkyl halides is 6. The Balaban J connectivity index is 2.21. The van der Waals surface area contributed by atoms with Crippen LogP contribution in [-0.2, 0) is 27.0 Å². The van der Waals surface area contributed by atoms with Crippen LogP contribution in [0.3, 0.4) is 0 Å². The molecular weight excluding hydrogens is 464 g/mol. The van der Waals surface area contributed by atoms with E-state index in [-0.39, 0.29) is 21.7 Å². The van der Waals surface area contributed by atoms with E-state index in [2.05, 4.69) is 5.32 Å². The van der Waals surface area contributed by atoms with Crippen LogP contribution in [0, 0.1) is 0 Å². The summed E-state index contributed by atoms with van der Waals surface area (Å²) in [7, 11) is -3.62. The molecule has 0 fully saturated rings. The molecule has 0 aliphatic heterocycles. The number of anilines is 1. The maximum absolute atomic E-state index is 12.8. The molecule has 0 heterocycles. The second kappa shape index (κ2) is 8.34. The molecule has 13 heteroatoms. The SMILES string of the molecule is CS(=O)(=O)c1ccc(Cl)c(NC(=O)COc2cc(C(F)(F)F)cc(C(F)(F)F)c2)c1. The van der Waals surface area contributed by atoms with Gasteiger partial charge in [0.05, 0.1) is 26.7 Å².